The lowest BCUT2D eigenvalue weighted by Crippen LogP contribution is -2.51. The Bertz CT molecular complexity index is 810. The van der Waals surface area contributed by atoms with Crippen molar-refractivity contribution in [1.82, 2.24) is 9.21 Å². The fraction of sp³-hybridized carbons (Fsp3) is 0.600. The second-order valence-corrected chi connectivity index (χ2v) is 9.48. The molecule has 2 fully saturated rings. The number of hydrogen-bond acceptors (Lipinski definition) is 5. The lowest BCUT2D eigenvalue weighted by Gasteiger charge is -2.33. The normalized spacial score (nSPS) is 19.3. The van der Waals surface area contributed by atoms with Gasteiger partial charge in [0.25, 0.3) is 5.91 Å². The third-order valence-electron chi connectivity index (χ3n) is 5.54. The van der Waals surface area contributed by atoms with Gasteiger partial charge < -0.3 is 9.64 Å². The Labute approximate surface area is 166 Å². The van der Waals surface area contributed by atoms with Crippen LogP contribution in [-0.4, -0.2) is 62.3 Å². The molecule has 0 aromatic heterocycles. The third-order valence-corrected chi connectivity index (χ3v) is 7.45. The Kier molecular flexibility index (Phi) is 6.40. The van der Waals surface area contributed by atoms with E-state index in [9.17, 15) is 18.0 Å². The molecule has 3 rings (SSSR count). The van der Waals surface area contributed by atoms with Gasteiger partial charge in [-0.15, -0.1) is 0 Å². The molecule has 0 bridgehead atoms. The predicted molar refractivity (Wildman–Crippen MR) is 104 cm³/mol. The zero-order valence-electron chi connectivity index (χ0n) is 16.5. The minimum Gasteiger partial charge on any atom is -0.455 e. The number of carbonyl (C=O) groups excluding carboxylic acids is 2. The highest BCUT2D eigenvalue weighted by Gasteiger charge is 2.33. The van der Waals surface area contributed by atoms with Crippen molar-refractivity contribution >= 4 is 21.9 Å². The lowest BCUT2D eigenvalue weighted by atomic mass is 9.99. The maximum absolute atomic E-state index is 12.9. The summed E-state index contributed by atoms with van der Waals surface area (Å²) in [6, 6.07) is 7.06. The van der Waals surface area contributed by atoms with Gasteiger partial charge in [0.05, 0.1) is 10.8 Å². The molecule has 1 aromatic rings. The first-order valence-electron chi connectivity index (χ1n) is 9.87. The molecule has 7 nitrogen and oxygen atoms in total. The molecule has 1 amide bonds. The number of piperazine rings is 1. The molecule has 154 valence electrons. The van der Waals surface area contributed by atoms with E-state index in [4.69, 9.17) is 4.74 Å². The summed E-state index contributed by atoms with van der Waals surface area (Å²) in [6.07, 6.45) is 2.67. The first-order chi connectivity index (χ1) is 13.3. The standard InChI is InChI=1S/C20H28N2O5S/c1-3-15(2)16-6-8-18(9-7-16)28(25,26)22-12-10-21(11-13-22)19(23)14-27-20(24)17-4-5-17/h6-9,15,17H,3-5,10-14H2,1-2H3/t15-/m1/s1. The number of amides is 1. The highest BCUT2D eigenvalue weighted by atomic mass is 32.2. The number of sulfonamides is 1. The van der Waals surface area contributed by atoms with Crippen molar-refractivity contribution in [1.29, 1.82) is 0 Å². The molecular formula is C20H28N2O5S. The summed E-state index contributed by atoms with van der Waals surface area (Å²) < 4.78 is 32.2. The number of carbonyl (C=O) groups is 2. The maximum Gasteiger partial charge on any atom is 0.309 e. The van der Waals surface area contributed by atoms with Crippen LogP contribution in [0.15, 0.2) is 29.2 Å². The van der Waals surface area contributed by atoms with Gasteiger partial charge >= 0.3 is 5.97 Å². The number of rotatable bonds is 7. The van der Waals surface area contributed by atoms with Crippen molar-refractivity contribution in [3.63, 3.8) is 0 Å². The van der Waals surface area contributed by atoms with Crippen molar-refractivity contribution in [3.8, 4) is 0 Å². The molecule has 1 saturated heterocycles. The molecule has 1 aliphatic carbocycles. The molecule has 2 aliphatic rings. The van der Waals surface area contributed by atoms with E-state index in [2.05, 4.69) is 13.8 Å². The summed E-state index contributed by atoms with van der Waals surface area (Å²) in [4.78, 5) is 25.5. The highest BCUT2D eigenvalue weighted by molar-refractivity contribution is 7.89. The molecule has 1 heterocycles. The molecule has 8 heteroatoms. The van der Waals surface area contributed by atoms with Gasteiger partial charge in [-0.2, -0.15) is 4.31 Å². The largest absolute Gasteiger partial charge is 0.455 e. The third kappa shape index (κ3) is 4.72. The van der Waals surface area contributed by atoms with E-state index >= 15 is 0 Å². The SMILES string of the molecule is CC[C@@H](C)c1ccc(S(=O)(=O)N2CCN(C(=O)COC(=O)C3CC3)CC2)cc1. The summed E-state index contributed by atoms with van der Waals surface area (Å²) in [6.45, 7) is 5.01. The van der Waals surface area contributed by atoms with Crippen molar-refractivity contribution in [3.05, 3.63) is 29.8 Å². The first-order valence-corrected chi connectivity index (χ1v) is 11.3. The smallest absolute Gasteiger partial charge is 0.309 e. The fourth-order valence-electron chi connectivity index (χ4n) is 3.19. The summed E-state index contributed by atoms with van der Waals surface area (Å²) in [5.74, 6) is -0.235. The van der Waals surface area contributed by atoms with Gasteiger partial charge in [-0.1, -0.05) is 26.0 Å². The van der Waals surface area contributed by atoms with Gasteiger partial charge in [0, 0.05) is 26.2 Å². The topological polar surface area (TPSA) is 84.0 Å². The molecule has 28 heavy (non-hydrogen) atoms. The molecule has 0 radical (unpaired) electrons. The van der Waals surface area contributed by atoms with E-state index < -0.39 is 10.0 Å². The molecule has 0 N–H and O–H groups in total. The average Bonchev–Trinajstić information content (AvgIpc) is 3.56. The van der Waals surface area contributed by atoms with Crippen molar-refractivity contribution < 1.29 is 22.7 Å². The Morgan fingerprint density at radius 2 is 1.71 bits per heavy atom. The van der Waals surface area contributed by atoms with Crippen molar-refractivity contribution in [2.24, 2.45) is 5.92 Å². The minimum atomic E-state index is -3.58. The van der Waals surface area contributed by atoms with Crippen LogP contribution in [-0.2, 0) is 24.3 Å². The second kappa shape index (κ2) is 8.61. The zero-order chi connectivity index (χ0) is 20.3. The van der Waals surface area contributed by atoms with Crippen LogP contribution >= 0.6 is 0 Å². The monoisotopic (exact) mass is 408 g/mol. The molecule has 1 aromatic carbocycles. The lowest BCUT2D eigenvalue weighted by molar-refractivity contribution is -0.153. The number of ether oxygens (including phenoxy) is 1. The Hall–Kier alpha value is -1.93. The second-order valence-electron chi connectivity index (χ2n) is 7.55. The van der Waals surface area contributed by atoms with E-state index in [1.807, 2.05) is 12.1 Å². The summed E-state index contributed by atoms with van der Waals surface area (Å²) >= 11 is 0. The summed E-state index contributed by atoms with van der Waals surface area (Å²) in [7, 11) is -3.58. The number of nitrogens with zero attached hydrogens (tertiary/aromatic N) is 2. The maximum atomic E-state index is 12.9. The van der Waals surface area contributed by atoms with Gasteiger partial charge in [0.15, 0.2) is 6.61 Å². The van der Waals surface area contributed by atoms with E-state index in [0.29, 0.717) is 19.0 Å². The van der Waals surface area contributed by atoms with Crippen LogP contribution in [0.5, 0.6) is 0 Å². The van der Waals surface area contributed by atoms with Crippen LogP contribution in [0.2, 0.25) is 0 Å². The fourth-order valence-corrected chi connectivity index (χ4v) is 4.61. The number of esters is 1. The molecule has 1 saturated carbocycles. The van der Waals surface area contributed by atoms with E-state index in [1.54, 1.807) is 17.0 Å². The van der Waals surface area contributed by atoms with Crippen molar-refractivity contribution in [2.45, 2.75) is 43.9 Å². The van der Waals surface area contributed by atoms with E-state index in [0.717, 1.165) is 24.8 Å². The zero-order valence-corrected chi connectivity index (χ0v) is 17.3. The number of benzene rings is 1. The Morgan fingerprint density at radius 1 is 1.11 bits per heavy atom. The molecule has 1 aliphatic heterocycles. The molecule has 0 unspecified atom stereocenters. The van der Waals surface area contributed by atoms with Gasteiger partial charge in [0.1, 0.15) is 0 Å². The van der Waals surface area contributed by atoms with Crippen LogP contribution in [0.1, 0.15) is 44.6 Å². The van der Waals surface area contributed by atoms with Crippen LogP contribution in [0, 0.1) is 5.92 Å². The van der Waals surface area contributed by atoms with Crippen LogP contribution in [0.3, 0.4) is 0 Å². The quantitative estimate of drug-likeness (QED) is 0.644. The Balaban J connectivity index is 1.54. The van der Waals surface area contributed by atoms with Gasteiger partial charge in [-0.05, 0) is 42.9 Å². The average molecular weight is 409 g/mol. The van der Waals surface area contributed by atoms with Gasteiger partial charge in [-0.25, -0.2) is 8.42 Å². The van der Waals surface area contributed by atoms with Gasteiger partial charge in [0.2, 0.25) is 10.0 Å². The van der Waals surface area contributed by atoms with E-state index in [1.165, 1.54) is 4.31 Å². The van der Waals surface area contributed by atoms with Crippen LogP contribution < -0.4 is 0 Å². The molecular weight excluding hydrogens is 380 g/mol. The first kappa shape index (κ1) is 20.8. The van der Waals surface area contributed by atoms with Crippen molar-refractivity contribution in [2.75, 3.05) is 32.8 Å². The predicted octanol–water partition coefficient (Wildman–Crippen LogP) is 1.99. The Morgan fingerprint density at radius 3 is 2.25 bits per heavy atom. The van der Waals surface area contributed by atoms with Gasteiger partial charge in [-0.3, -0.25) is 9.59 Å². The molecule has 1 atom stereocenters. The molecule has 0 spiro atoms. The van der Waals surface area contributed by atoms with Crippen LogP contribution in [0.25, 0.3) is 0 Å². The van der Waals surface area contributed by atoms with E-state index in [-0.39, 0.29) is 42.4 Å². The summed E-state index contributed by atoms with van der Waals surface area (Å²) in [5, 5.41) is 0. The summed E-state index contributed by atoms with van der Waals surface area (Å²) in [5.41, 5.74) is 1.12. The minimum absolute atomic E-state index is 0.0403. The highest BCUT2D eigenvalue weighted by Crippen LogP contribution is 2.30. The number of hydrogen-bond donors (Lipinski definition) is 0. The van der Waals surface area contributed by atoms with Crippen LogP contribution in [0.4, 0.5) is 0 Å².